The Morgan fingerprint density at radius 3 is 2.48 bits per heavy atom. The molecule has 0 aliphatic carbocycles. The fourth-order valence-corrected chi connectivity index (χ4v) is 2.62. The molecule has 130 valence electrons. The van der Waals surface area contributed by atoms with Crippen LogP contribution in [0.2, 0.25) is 0 Å². The number of fused-ring (bicyclic) bond motifs is 1. The number of rotatable bonds is 7. The Kier molecular flexibility index (Phi) is 5.18. The summed E-state index contributed by atoms with van der Waals surface area (Å²) < 4.78 is 17.5. The van der Waals surface area contributed by atoms with Crippen molar-refractivity contribution in [2.24, 2.45) is 0 Å². The van der Waals surface area contributed by atoms with Crippen LogP contribution in [-0.4, -0.2) is 36.6 Å². The lowest BCUT2D eigenvalue weighted by Gasteiger charge is -2.07. The molecule has 0 N–H and O–H groups in total. The smallest absolute Gasteiger partial charge is 0.359 e. The first-order valence-electron chi connectivity index (χ1n) is 8.03. The zero-order valence-corrected chi connectivity index (χ0v) is 14.3. The number of hydrogen-bond acceptors (Lipinski definition) is 5. The average Bonchev–Trinajstić information content (AvgIpc) is 3.04. The minimum Gasteiger partial charge on any atom is -0.497 e. The van der Waals surface area contributed by atoms with Gasteiger partial charge >= 0.3 is 5.97 Å². The Labute approximate surface area is 145 Å². The third-order valence-electron chi connectivity index (χ3n) is 3.88. The van der Waals surface area contributed by atoms with Gasteiger partial charge in [-0.2, -0.15) is 5.10 Å². The van der Waals surface area contributed by atoms with Crippen LogP contribution in [0.3, 0.4) is 0 Å². The van der Waals surface area contributed by atoms with E-state index in [2.05, 4.69) is 5.10 Å². The highest BCUT2D eigenvalue weighted by Gasteiger charge is 2.16. The molecule has 0 unspecified atom stereocenters. The van der Waals surface area contributed by atoms with Crippen LogP contribution >= 0.6 is 0 Å². The van der Waals surface area contributed by atoms with Gasteiger partial charge in [-0.1, -0.05) is 18.2 Å². The van der Waals surface area contributed by atoms with Crippen LogP contribution in [0.1, 0.15) is 16.9 Å². The number of nitrogens with zero attached hydrogens (tertiary/aromatic N) is 2. The predicted molar refractivity (Wildman–Crippen MR) is 94.2 cm³/mol. The first-order valence-corrected chi connectivity index (χ1v) is 8.03. The zero-order valence-electron chi connectivity index (χ0n) is 14.3. The predicted octanol–water partition coefficient (Wildman–Crippen LogP) is 3.30. The number of esters is 1. The highest BCUT2D eigenvalue weighted by molar-refractivity contribution is 6.02. The number of para-hydroxylation sites is 1. The molecule has 0 atom stereocenters. The summed E-state index contributed by atoms with van der Waals surface area (Å²) in [6, 6.07) is 15.1. The van der Waals surface area contributed by atoms with Crippen LogP contribution in [0.4, 0.5) is 0 Å². The summed E-state index contributed by atoms with van der Waals surface area (Å²) in [4.78, 5) is 11.9. The first kappa shape index (κ1) is 16.8. The molecule has 0 aliphatic rings. The van der Waals surface area contributed by atoms with E-state index in [1.807, 2.05) is 53.2 Å². The van der Waals surface area contributed by atoms with Crippen molar-refractivity contribution in [3.05, 3.63) is 54.2 Å². The third-order valence-corrected chi connectivity index (χ3v) is 3.88. The van der Waals surface area contributed by atoms with Crippen molar-refractivity contribution in [1.29, 1.82) is 0 Å². The molecule has 6 heteroatoms. The lowest BCUT2D eigenvalue weighted by molar-refractivity contribution is 0.0595. The van der Waals surface area contributed by atoms with Gasteiger partial charge in [0.1, 0.15) is 11.5 Å². The minimum absolute atomic E-state index is 0.342. The van der Waals surface area contributed by atoms with Gasteiger partial charge in [0.05, 0.1) is 26.3 Å². The number of aryl methyl sites for hydroxylation is 1. The molecular formula is C19H20N2O4. The van der Waals surface area contributed by atoms with Crippen LogP contribution in [-0.2, 0) is 11.3 Å². The molecule has 0 saturated carbocycles. The highest BCUT2D eigenvalue weighted by atomic mass is 16.5. The van der Waals surface area contributed by atoms with E-state index in [-0.39, 0.29) is 0 Å². The molecule has 3 aromatic rings. The van der Waals surface area contributed by atoms with Gasteiger partial charge in [-0.05, 0) is 30.3 Å². The van der Waals surface area contributed by atoms with E-state index >= 15 is 0 Å². The number of aromatic nitrogens is 2. The molecule has 0 fully saturated rings. The van der Waals surface area contributed by atoms with Crippen molar-refractivity contribution in [3.63, 3.8) is 0 Å². The Hall–Kier alpha value is -3.02. The van der Waals surface area contributed by atoms with Gasteiger partial charge in [-0.15, -0.1) is 0 Å². The van der Waals surface area contributed by atoms with E-state index in [0.717, 1.165) is 28.8 Å². The van der Waals surface area contributed by atoms with Crippen molar-refractivity contribution in [2.75, 3.05) is 20.8 Å². The molecule has 25 heavy (non-hydrogen) atoms. The van der Waals surface area contributed by atoms with Crippen molar-refractivity contribution < 1.29 is 19.0 Å². The second-order valence-corrected chi connectivity index (χ2v) is 5.46. The topological polar surface area (TPSA) is 62.6 Å². The number of carbonyl (C=O) groups is 1. The average molecular weight is 340 g/mol. The largest absolute Gasteiger partial charge is 0.497 e. The summed E-state index contributed by atoms with van der Waals surface area (Å²) in [5.74, 6) is 1.16. The molecule has 3 rings (SSSR count). The Balaban J connectivity index is 1.64. The molecule has 0 saturated heterocycles. The van der Waals surface area contributed by atoms with E-state index in [1.54, 1.807) is 7.11 Å². The summed E-state index contributed by atoms with van der Waals surface area (Å²) in [6.45, 7) is 1.20. The van der Waals surface area contributed by atoms with E-state index < -0.39 is 5.97 Å². The van der Waals surface area contributed by atoms with E-state index in [4.69, 9.17) is 14.2 Å². The molecule has 0 bridgehead atoms. The maximum atomic E-state index is 11.9. The second-order valence-electron chi connectivity index (χ2n) is 5.46. The minimum atomic E-state index is -0.426. The molecule has 0 spiro atoms. The second kappa shape index (κ2) is 7.70. The van der Waals surface area contributed by atoms with Gasteiger partial charge in [0, 0.05) is 18.4 Å². The fourth-order valence-electron chi connectivity index (χ4n) is 2.62. The lowest BCUT2D eigenvalue weighted by Crippen LogP contribution is -2.08. The SMILES string of the molecule is COC(=O)c1nn(CCCOc2ccc(OC)cc2)c2ccccc12. The van der Waals surface area contributed by atoms with Gasteiger partial charge < -0.3 is 14.2 Å². The van der Waals surface area contributed by atoms with Crippen LogP contribution in [0.25, 0.3) is 10.9 Å². The summed E-state index contributed by atoms with van der Waals surface area (Å²) in [5, 5.41) is 5.19. The van der Waals surface area contributed by atoms with Crippen molar-refractivity contribution in [1.82, 2.24) is 9.78 Å². The van der Waals surface area contributed by atoms with E-state index in [0.29, 0.717) is 18.8 Å². The highest BCUT2D eigenvalue weighted by Crippen LogP contribution is 2.20. The molecule has 0 radical (unpaired) electrons. The van der Waals surface area contributed by atoms with Crippen LogP contribution in [0.5, 0.6) is 11.5 Å². The van der Waals surface area contributed by atoms with Crippen molar-refractivity contribution in [3.8, 4) is 11.5 Å². The zero-order chi connectivity index (χ0) is 17.6. The van der Waals surface area contributed by atoms with Gasteiger partial charge in [-0.25, -0.2) is 4.79 Å². The van der Waals surface area contributed by atoms with Gasteiger partial charge in [0.15, 0.2) is 5.69 Å². The first-order chi connectivity index (χ1) is 12.2. The van der Waals surface area contributed by atoms with E-state index in [9.17, 15) is 4.79 Å². The monoisotopic (exact) mass is 340 g/mol. The quantitative estimate of drug-likeness (QED) is 0.488. The fraction of sp³-hybridized carbons (Fsp3) is 0.263. The van der Waals surface area contributed by atoms with Crippen LogP contribution in [0, 0.1) is 0 Å². The Bertz CT molecular complexity index is 855. The molecule has 6 nitrogen and oxygen atoms in total. The van der Waals surface area contributed by atoms with Crippen LogP contribution in [0.15, 0.2) is 48.5 Å². The maximum Gasteiger partial charge on any atom is 0.359 e. The van der Waals surface area contributed by atoms with Crippen molar-refractivity contribution >= 4 is 16.9 Å². The number of methoxy groups -OCH3 is 2. The summed E-state index contributed by atoms with van der Waals surface area (Å²) in [5.41, 5.74) is 1.25. The van der Waals surface area contributed by atoms with Crippen LogP contribution < -0.4 is 9.47 Å². The number of ether oxygens (including phenoxy) is 3. The standard InChI is InChI=1S/C19H20N2O4/c1-23-14-8-10-15(11-9-14)25-13-5-12-21-17-7-4-3-6-16(17)18(20-21)19(22)24-2/h3-4,6-11H,5,12-13H2,1-2H3. The molecule has 1 aromatic heterocycles. The number of hydrogen-bond donors (Lipinski definition) is 0. The van der Waals surface area contributed by atoms with Crippen molar-refractivity contribution in [2.45, 2.75) is 13.0 Å². The molecule has 2 aromatic carbocycles. The third kappa shape index (κ3) is 3.74. The number of benzene rings is 2. The summed E-state index contributed by atoms with van der Waals surface area (Å²) in [6.07, 6.45) is 0.762. The van der Waals surface area contributed by atoms with Gasteiger partial charge in [-0.3, -0.25) is 4.68 Å². The number of carbonyl (C=O) groups excluding carboxylic acids is 1. The molecule has 0 aliphatic heterocycles. The summed E-state index contributed by atoms with van der Waals surface area (Å²) in [7, 11) is 2.99. The molecule has 0 amide bonds. The molecule has 1 heterocycles. The molecular weight excluding hydrogens is 320 g/mol. The Morgan fingerprint density at radius 2 is 1.76 bits per heavy atom. The summed E-state index contributed by atoms with van der Waals surface area (Å²) >= 11 is 0. The van der Waals surface area contributed by atoms with E-state index in [1.165, 1.54) is 7.11 Å². The lowest BCUT2D eigenvalue weighted by atomic mass is 10.2. The normalized spacial score (nSPS) is 10.6. The van der Waals surface area contributed by atoms with Gasteiger partial charge in [0.2, 0.25) is 0 Å². The van der Waals surface area contributed by atoms with Gasteiger partial charge in [0.25, 0.3) is 0 Å². The Morgan fingerprint density at radius 1 is 1.04 bits per heavy atom. The maximum absolute atomic E-state index is 11.9.